The fourth-order valence-electron chi connectivity index (χ4n) is 2.53. The molecule has 0 saturated heterocycles. The van der Waals surface area contributed by atoms with E-state index in [2.05, 4.69) is 10.5 Å². The molecule has 0 aliphatic rings. The number of rotatable bonds is 4. The second-order valence-corrected chi connectivity index (χ2v) is 5.38. The second-order valence-electron chi connectivity index (χ2n) is 5.38. The summed E-state index contributed by atoms with van der Waals surface area (Å²) in [6.45, 7) is 5.03. The van der Waals surface area contributed by atoms with Crippen LogP contribution in [0.4, 0.5) is 23.2 Å². The number of halogens is 4. The average Bonchev–Trinajstić information content (AvgIpc) is 2.81. The van der Waals surface area contributed by atoms with E-state index in [1.165, 1.54) is 0 Å². The Kier molecular flexibility index (Phi) is 4.96. The summed E-state index contributed by atoms with van der Waals surface area (Å²) < 4.78 is 57.0. The molecular formula is C16H16F4N2O2. The maximum absolute atomic E-state index is 13.8. The summed E-state index contributed by atoms with van der Waals surface area (Å²) in [4.78, 5) is 12.4. The number of benzene rings is 1. The van der Waals surface area contributed by atoms with Crippen molar-refractivity contribution in [2.75, 3.05) is 5.32 Å². The molecule has 1 unspecified atom stereocenters. The van der Waals surface area contributed by atoms with Crippen molar-refractivity contribution in [2.24, 2.45) is 0 Å². The molecule has 1 amide bonds. The largest absolute Gasteiger partial charge is 0.416 e. The number of aryl methyl sites for hydroxylation is 2. The molecule has 0 aliphatic carbocycles. The van der Waals surface area contributed by atoms with Crippen LogP contribution in [0.3, 0.4) is 0 Å². The zero-order chi connectivity index (χ0) is 18.1. The minimum atomic E-state index is -4.63. The molecule has 0 saturated carbocycles. The number of hydrogen-bond acceptors (Lipinski definition) is 3. The summed E-state index contributed by atoms with van der Waals surface area (Å²) in [5.41, 5.74) is -0.481. The first-order valence-corrected chi connectivity index (χ1v) is 7.25. The summed E-state index contributed by atoms with van der Waals surface area (Å²) >= 11 is 0. The van der Waals surface area contributed by atoms with Gasteiger partial charge in [0.2, 0.25) is 5.91 Å². The van der Waals surface area contributed by atoms with Crippen LogP contribution < -0.4 is 5.32 Å². The lowest BCUT2D eigenvalue weighted by Gasteiger charge is -2.16. The Bertz CT molecular complexity index is 734. The highest BCUT2D eigenvalue weighted by atomic mass is 19.4. The van der Waals surface area contributed by atoms with Crippen LogP contribution in [0.15, 0.2) is 22.7 Å². The Labute approximate surface area is 135 Å². The third kappa shape index (κ3) is 3.58. The van der Waals surface area contributed by atoms with Gasteiger partial charge in [-0.05, 0) is 38.5 Å². The zero-order valence-electron chi connectivity index (χ0n) is 13.3. The maximum Gasteiger partial charge on any atom is 0.416 e. The highest BCUT2D eigenvalue weighted by Gasteiger charge is 2.32. The monoisotopic (exact) mass is 344 g/mol. The summed E-state index contributed by atoms with van der Waals surface area (Å²) in [7, 11) is 0. The second kappa shape index (κ2) is 6.62. The normalized spacial score (nSPS) is 13.0. The average molecular weight is 344 g/mol. The number of alkyl halides is 3. The SMILES string of the molecule is CCC(C(=O)Nc1cc(C(F)(F)F)ccc1F)c1c(C)noc1C. The smallest absolute Gasteiger partial charge is 0.361 e. The first-order chi connectivity index (χ1) is 11.1. The number of aromatic nitrogens is 1. The van der Waals surface area contributed by atoms with Crippen molar-refractivity contribution in [1.82, 2.24) is 5.16 Å². The number of nitrogens with one attached hydrogen (secondary N) is 1. The Morgan fingerprint density at radius 2 is 2.00 bits per heavy atom. The van der Waals surface area contributed by atoms with Gasteiger partial charge in [0.15, 0.2) is 0 Å². The molecule has 0 aliphatic heterocycles. The van der Waals surface area contributed by atoms with Gasteiger partial charge in [0.1, 0.15) is 11.6 Å². The molecule has 0 fully saturated rings. The van der Waals surface area contributed by atoms with Gasteiger partial charge in [-0.1, -0.05) is 12.1 Å². The topological polar surface area (TPSA) is 55.1 Å². The van der Waals surface area contributed by atoms with Crippen molar-refractivity contribution in [1.29, 1.82) is 0 Å². The van der Waals surface area contributed by atoms with Gasteiger partial charge in [-0.25, -0.2) is 4.39 Å². The van der Waals surface area contributed by atoms with Gasteiger partial charge in [0, 0.05) is 5.56 Å². The summed E-state index contributed by atoms with van der Waals surface area (Å²) in [5.74, 6) is -1.82. The molecule has 1 heterocycles. The maximum atomic E-state index is 13.8. The molecule has 8 heteroatoms. The summed E-state index contributed by atoms with van der Waals surface area (Å²) in [6.07, 6.45) is -4.27. The van der Waals surface area contributed by atoms with Crippen LogP contribution in [0.1, 0.15) is 41.8 Å². The van der Waals surface area contributed by atoms with Gasteiger partial charge >= 0.3 is 6.18 Å². The molecule has 0 spiro atoms. The lowest BCUT2D eigenvalue weighted by Crippen LogP contribution is -2.22. The first kappa shape index (κ1) is 18.0. The minimum absolute atomic E-state index is 0.356. The fourth-order valence-corrected chi connectivity index (χ4v) is 2.53. The van der Waals surface area contributed by atoms with E-state index in [0.29, 0.717) is 41.6 Å². The van der Waals surface area contributed by atoms with Crippen LogP contribution in [0, 0.1) is 19.7 Å². The summed E-state index contributed by atoms with van der Waals surface area (Å²) in [5, 5.41) is 5.99. The van der Waals surface area contributed by atoms with E-state index in [-0.39, 0.29) is 0 Å². The predicted octanol–water partition coefficient (Wildman–Crippen LogP) is 4.58. The lowest BCUT2D eigenvalue weighted by atomic mass is 9.94. The van der Waals surface area contributed by atoms with E-state index >= 15 is 0 Å². The van der Waals surface area contributed by atoms with Crippen LogP contribution in [-0.2, 0) is 11.0 Å². The highest BCUT2D eigenvalue weighted by molar-refractivity contribution is 5.96. The van der Waals surface area contributed by atoms with E-state index in [1.54, 1.807) is 20.8 Å². The minimum Gasteiger partial charge on any atom is -0.361 e. The number of carbonyl (C=O) groups is 1. The van der Waals surface area contributed by atoms with Gasteiger partial charge in [-0.15, -0.1) is 0 Å². The van der Waals surface area contributed by atoms with Crippen molar-refractivity contribution in [3.8, 4) is 0 Å². The number of amides is 1. The predicted molar refractivity (Wildman–Crippen MR) is 79.0 cm³/mol. The zero-order valence-corrected chi connectivity index (χ0v) is 13.3. The van der Waals surface area contributed by atoms with Crippen LogP contribution in [0.25, 0.3) is 0 Å². The van der Waals surface area contributed by atoms with E-state index in [4.69, 9.17) is 4.52 Å². The Morgan fingerprint density at radius 3 is 2.50 bits per heavy atom. The van der Waals surface area contributed by atoms with E-state index < -0.39 is 35.1 Å². The molecule has 1 aromatic carbocycles. The molecule has 0 bridgehead atoms. The van der Waals surface area contributed by atoms with Crippen LogP contribution in [-0.4, -0.2) is 11.1 Å². The molecule has 1 atom stereocenters. The van der Waals surface area contributed by atoms with Crippen LogP contribution >= 0.6 is 0 Å². The van der Waals surface area contributed by atoms with Gasteiger partial charge < -0.3 is 9.84 Å². The van der Waals surface area contributed by atoms with Crippen LogP contribution in [0.5, 0.6) is 0 Å². The van der Waals surface area contributed by atoms with Gasteiger partial charge in [0.25, 0.3) is 0 Å². The lowest BCUT2D eigenvalue weighted by molar-refractivity contribution is -0.137. The van der Waals surface area contributed by atoms with Crippen molar-refractivity contribution < 1.29 is 26.9 Å². The van der Waals surface area contributed by atoms with Crippen LogP contribution in [0.2, 0.25) is 0 Å². The molecule has 1 N–H and O–H groups in total. The molecule has 2 rings (SSSR count). The molecule has 130 valence electrons. The number of hydrogen-bond donors (Lipinski definition) is 1. The molecule has 4 nitrogen and oxygen atoms in total. The van der Waals surface area contributed by atoms with Gasteiger partial charge in [-0.2, -0.15) is 13.2 Å². The first-order valence-electron chi connectivity index (χ1n) is 7.25. The fraction of sp³-hybridized carbons (Fsp3) is 0.375. The quantitative estimate of drug-likeness (QED) is 0.826. The Balaban J connectivity index is 2.31. The molecule has 0 radical (unpaired) electrons. The van der Waals surface area contributed by atoms with Crippen molar-refractivity contribution in [2.45, 2.75) is 39.3 Å². The van der Waals surface area contributed by atoms with E-state index in [0.717, 1.165) is 0 Å². The molecular weight excluding hydrogens is 328 g/mol. The van der Waals surface area contributed by atoms with E-state index in [9.17, 15) is 22.4 Å². The van der Waals surface area contributed by atoms with Crippen molar-refractivity contribution >= 4 is 11.6 Å². The van der Waals surface area contributed by atoms with E-state index in [1.807, 2.05) is 0 Å². The molecule has 24 heavy (non-hydrogen) atoms. The standard InChI is InChI=1S/C16H16F4N2O2/c1-4-11(14-8(2)22-24-9(14)3)15(23)21-13-7-10(16(18,19)20)5-6-12(13)17/h5-7,11H,4H2,1-3H3,(H,21,23). The molecule has 1 aromatic heterocycles. The third-order valence-electron chi connectivity index (χ3n) is 3.71. The number of carbonyl (C=O) groups excluding carboxylic acids is 1. The third-order valence-corrected chi connectivity index (χ3v) is 3.71. The van der Waals surface area contributed by atoms with Gasteiger partial charge in [0.05, 0.1) is 22.9 Å². The molecule has 2 aromatic rings. The Hall–Kier alpha value is -2.38. The van der Waals surface area contributed by atoms with Crippen molar-refractivity contribution in [3.05, 3.63) is 46.6 Å². The Morgan fingerprint density at radius 1 is 1.33 bits per heavy atom. The summed E-state index contributed by atoms with van der Waals surface area (Å²) in [6, 6.07) is 1.87. The highest BCUT2D eigenvalue weighted by Crippen LogP contribution is 2.33. The van der Waals surface area contributed by atoms with Gasteiger partial charge in [-0.3, -0.25) is 4.79 Å². The number of nitrogens with zero attached hydrogens (tertiary/aromatic N) is 1. The number of anilines is 1. The van der Waals surface area contributed by atoms with Crippen molar-refractivity contribution in [3.63, 3.8) is 0 Å².